The minimum Gasteiger partial charge on any atom is -0.460 e. The summed E-state index contributed by atoms with van der Waals surface area (Å²) in [7, 11) is 1.56. The Morgan fingerprint density at radius 3 is 2.14 bits per heavy atom. The molecule has 0 aromatic heterocycles. The monoisotopic (exact) mass is 280 g/mol. The van der Waals surface area contributed by atoms with Crippen molar-refractivity contribution >= 4 is 5.97 Å². The lowest BCUT2D eigenvalue weighted by atomic mass is 10.1. The van der Waals surface area contributed by atoms with Gasteiger partial charge in [-0.05, 0) is 36.4 Å². The topological polar surface area (TPSA) is 35.5 Å². The minimum atomic E-state index is -0.352. The fraction of sp³-hybridized carbons (Fsp3) is 0.167. The van der Waals surface area contributed by atoms with Crippen LogP contribution in [0.15, 0.2) is 54.6 Å². The molecule has 3 heteroatoms. The minimum absolute atomic E-state index is 0.255. The van der Waals surface area contributed by atoms with E-state index in [-0.39, 0.29) is 12.6 Å². The summed E-state index contributed by atoms with van der Waals surface area (Å²) < 4.78 is 9.86. The maximum Gasteiger partial charge on any atom is 0.338 e. The summed E-state index contributed by atoms with van der Waals surface area (Å²) in [5.41, 5.74) is 2.32. The van der Waals surface area contributed by atoms with E-state index in [2.05, 4.69) is 11.8 Å². The molecule has 2 rings (SSSR count). The van der Waals surface area contributed by atoms with Crippen LogP contribution < -0.4 is 0 Å². The van der Waals surface area contributed by atoms with E-state index in [0.29, 0.717) is 12.2 Å². The molecule has 0 unspecified atom stereocenters. The molecule has 0 fully saturated rings. The molecule has 2 aromatic rings. The summed E-state index contributed by atoms with van der Waals surface area (Å²) in [6.45, 7) is 0.650. The van der Waals surface area contributed by atoms with Crippen LogP contribution in [0.25, 0.3) is 0 Å². The molecule has 0 spiro atoms. The second-order valence-corrected chi connectivity index (χ2v) is 4.32. The smallest absolute Gasteiger partial charge is 0.338 e. The quantitative estimate of drug-likeness (QED) is 0.491. The first kappa shape index (κ1) is 14.8. The van der Waals surface area contributed by atoms with Gasteiger partial charge < -0.3 is 9.47 Å². The van der Waals surface area contributed by atoms with Gasteiger partial charge in [-0.25, -0.2) is 4.79 Å². The van der Waals surface area contributed by atoms with Crippen molar-refractivity contribution in [1.82, 2.24) is 0 Å². The van der Waals surface area contributed by atoms with Crippen LogP contribution in [0.3, 0.4) is 0 Å². The molecule has 0 saturated carbocycles. The molecule has 106 valence electrons. The first-order chi connectivity index (χ1) is 10.3. The van der Waals surface area contributed by atoms with Gasteiger partial charge in [-0.2, -0.15) is 0 Å². The highest BCUT2D eigenvalue weighted by molar-refractivity contribution is 5.89. The summed E-state index contributed by atoms with van der Waals surface area (Å²) in [6.07, 6.45) is 0. The number of benzene rings is 2. The molecule has 0 saturated heterocycles. The zero-order valence-electron chi connectivity index (χ0n) is 11.8. The summed E-state index contributed by atoms with van der Waals surface area (Å²) >= 11 is 0. The van der Waals surface area contributed by atoms with Crippen molar-refractivity contribution in [2.75, 3.05) is 20.3 Å². The van der Waals surface area contributed by atoms with Crippen LogP contribution in [-0.2, 0) is 9.47 Å². The molecule has 0 heterocycles. The van der Waals surface area contributed by atoms with E-state index in [1.807, 2.05) is 42.5 Å². The fourth-order valence-electron chi connectivity index (χ4n) is 1.66. The number of methoxy groups -OCH3 is 1. The van der Waals surface area contributed by atoms with E-state index >= 15 is 0 Å². The molecule has 0 aliphatic rings. The predicted octanol–water partition coefficient (Wildman–Crippen LogP) is 2.89. The molecular weight excluding hydrogens is 264 g/mol. The Kier molecular flexibility index (Phi) is 5.57. The van der Waals surface area contributed by atoms with E-state index in [1.165, 1.54) is 0 Å². The Balaban J connectivity index is 1.99. The molecular formula is C18H16O3. The number of esters is 1. The van der Waals surface area contributed by atoms with Crippen LogP contribution in [0.2, 0.25) is 0 Å². The number of ether oxygens (including phenoxy) is 2. The van der Waals surface area contributed by atoms with Crippen molar-refractivity contribution in [2.24, 2.45) is 0 Å². The normalized spacial score (nSPS) is 9.57. The lowest BCUT2D eigenvalue weighted by Gasteiger charge is -2.03. The SMILES string of the molecule is COCCOC(=O)c1ccc(C#Cc2ccccc2)cc1. The van der Waals surface area contributed by atoms with Crippen molar-refractivity contribution in [3.05, 3.63) is 71.3 Å². The maximum atomic E-state index is 11.7. The van der Waals surface area contributed by atoms with Crippen LogP contribution in [-0.4, -0.2) is 26.3 Å². The Labute approximate surface area is 124 Å². The van der Waals surface area contributed by atoms with Crippen LogP contribution in [0.1, 0.15) is 21.5 Å². The van der Waals surface area contributed by atoms with E-state index < -0.39 is 0 Å². The molecule has 2 aromatic carbocycles. The highest BCUT2D eigenvalue weighted by Gasteiger charge is 2.05. The van der Waals surface area contributed by atoms with Crippen molar-refractivity contribution in [3.8, 4) is 11.8 Å². The van der Waals surface area contributed by atoms with E-state index in [4.69, 9.17) is 9.47 Å². The van der Waals surface area contributed by atoms with Gasteiger partial charge in [0.25, 0.3) is 0 Å². The summed E-state index contributed by atoms with van der Waals surface area (Å²) in [5, 5.41) is 0. The third-order valence-corrected chi connectivity index (χ3v) is 2.77. The Morgan fingerprint density at radius 2 is 1.52 bits per heavy atom. The zero-order valence-corrected chi connectivity index (χ0v) is 11.8. The molecule has 0 aliphatic heterocycles. The van der Waals surface area contributed by atoms with E-state index in [0.717, 1.165) is 11.1 Å². The number of carbonyl (C=O) groups is 1. The lowest BCUT2D eigenvalue weighted by Crippen LogP contribution is -2.09. The summed E-state index contributed by atoms with van der Waals surface area (Å²) in [5.74, 6) is 5.77. The van der Waals surface area contributed by atoms with E-state index in [9.17, 15) is 4.79 Å². The Hall–Kier alpha value is -2.57. The largest absolute Gasteiger partial charge is 0.460 e. The van der Waals surface area contributed by atoms with Crippen molar-refractivity contribution in [3.63, 3.8) is 0 Å². The zero-order chi connectivity index (χ0) is 14.9. The standard InChI is InChI=1S/C18H16O3/c1-20-13-14-21-18(19)17-11-9-16(10-12-17)8-7-15-5-3-2-4-6-15/h2-6,9-12H,13-14H2,1H3. The van der Waals surface area contributed by atoms with Crippen LogP contribution in [0, 0.1) is 11.8 Å². The Morgan fingerprint density at radius 1 is 0.905 bits per heavy atom. The Bertz CT molecular complexity index is 634. The highest BCUT2D eigenvalue weighted by Crippen LogP contribution is 2.06. The average Bonchev–Trinajstić information content (AvgIpc) is 2.54. The molecule has 21 heavy (non-hydrogen) atoms. The van der Waals surface area contributed by atoms with Crippen molar-refractivity contribution in [1.29, 1.82) is 0 Å². The number of rotatable bonds is 4. The van der Waals surface area contributed by atoms with Crippen LogP contribution in [0.4, 0.5) is 0 Å². The van der Waals surface area contributed by atoms with Gasteiger partial charge in [-0.1, -0.05) is 30.0 Å². The molecule has 0 amide bonds. The van der Waals surface area contributed by atoms with Gasteiger partial charge in [-0.15, -0.1) is 0 Å². The number of carbonyl (C=O) groups excluding carboxylic acids is 1. The number of hydrogen-bond acceptors (Lipinski definition) is 3. The molecule has 0 N–H and O–H groups in total. The van der Waals surface area contributed by atoms with Crippen molar-refractivity contribution < 1.29 is 14.3 Å². The summed E-state index contributed by atoms with van der Waals surface area (Å²) in [4.78, 5) is 11.7. The van der Waals surface area contributed by atoms with Gasteiger partial charge in [-0.3, -0.25) is 0 Å². The maximum absolute atomic E-state index is 11.7. The fourth-order valence-corrected chi connectivity index (χ4v) is 1.66. The van der Waals surface area contributed by atoms with Gasteiger partial charge in [0.15, 0.2) is 0 Å². The second kappa shape index (κ2) is 7.88. The molecule has 0 radical (unpaired) electrons. The van der Waals surface area contributed by atoms with Gasteiger partial charge >= 0.3 is 5.97 Å². The predicted molar refractivity (Wildman–Crippen MR) is 81.0 cm³/mol. The first-order valence-corrected chi connectivity index (χ1v) is 6.63. The number of hydrogen-bond donors (Lipinski definition) is 0. The lowest BCUT2D eigenvalue weighted by molar-refractivity contribution is 0.0388. The molecule has 0 bridgehead atoms. The summed E-state index contributed by atoms with van der Waals surface area (Å²) in [6, 6.07) is 16.8. The molecule has 0 atom stereocenters. The highest BCUT2D eigenvalue weighted by atomic mass is 16.6. The first-order valence-electron chi connectivity index (χ1n) is 6.63. The third-order valence-electron chi connectivity index (χ3n) is 2.77. The van der Waals surface area contributed by atoms with Gasteiger partial charge in [0, 0.05) is 18.2 Å². The van der Waals surface area contributed by atoms with Gasteiger partial charge in [0.1, 0.15) is 6.61 Å². The third kappa shape index (κ3) is 4.79. The van der Waals surface area contributed by atoms with Crippen LogP contribution in [0.5, 0.6) is 0 Å². The van der Waals surface area contributed by atoms with Crippen molar-refractivity contribution in [2.45, 2.75) is 0 Å². The van der Waals surface area contributed by atoms with Crippen LogP contribution >= 0.6 is 0 Å². The molecule has 3 nitrogen and oxygen atoms in total. The van der Waals surface area contributed by atoms with E-state index in [1.54, 1.807) is 19.2 Å². The average molecular weight is 280 g/mol. The van der Waals surface area contributed by atoms with Gasteiger partial charge in [0.05, 0.1) is 12.2 Å². The molecule has 0 aliphatic carbocycles. The van der Waals surface area contributed by atoms with Gasteiger partial charge in [0.2, 0.25) is 0 Å². The second-order valence-electron chi connectivity index (χ2n) is 4.32.